The minimum Gasteiger partial charge on any atom is -0.444 e. The first-order chi connectivity index (χ1) is 10.7. The van der Waals surface area contributed by atoms with E-state index in [2.05, 4.69) is 15.9 Å². The molecule has 0 spiro atoms. The SMILES string of the molecule is CC(C)(C)OC(=O)N1CC2=CC(O)(c3ccc(Br)cc3)C=C2C1. The predicted octanol–water partition coefficient (Wildman–Crippen LogP) is 3.75. The molecular formula is C18H20BrNO3. The van der Waals surface area contributed by atoms with E-state index in [-0.39, 0.29) is 6.09 Å². The smallest absolute Gasteiger partial charge is 0.410 e. The molecule has 1 aliphatic carbocycles. The van der Waals surface area contributed by atoms with Crippen LogP contribution < -0.4 is 0 Å². The molecule has 2 aliphatic rings. The molecule has 3 rings (SSSR count). The van der Waals surface area contributed by atoms with Gasteiger partial charge in [-0.2, -0.15) is 0 Å². The molecule has 1 fully saturated rings. The maximum atomic E-state index is 12.1. The van der Waals surface area contributed by atoms with Gasteiger partial charge in [-0.15, -0.1) is 0 Å². The zero-order valence-electron chi connectivity index (χ0n) is 13.5. The number of carbonyl (C=O) groups is 1. The van der Waals surface area contributed by atoms with E-state index in [4.69, 9.17) is 4.74 Å². The Hall–Kier alpha value is -1.59. The molecule has 0 unspecified atom stereocenters. The normalized spacial score (nSPS) is 19.3. The first-order valence-corrected chi connectivity index (χ1v) is 8.36. The minimum atomic E-state index is -1.09. The van der Waals surface area contributed by atoms with E-state index in [0.717, 1.165) is 21.2 Å². The Morgan fingerprint density at radius 1 is 1.17 bits per heavy atom. The summed E-state index contributed by atoms with van der Waals surface area (Å²) in [7, 11) is 0. The Morgan fingerprint density at radius 3 is 2.17 bits per heavy atom. The van der Waals surface area contributed by atoms with E-state index in [9.17, 15) is 9.90 Å². The number of nitrogens with zero attached hydrogens (tertiary/aromatic N) is 1. The second-order valence-electron chi connectivity index (χ2n) is 7.01. The van der Waals surface area contributed by atoms with Crippen LogP contribution in [-0.4, -0.2) is 34.8 Å². The zero-order valence-corrected chi connectivity index (χ0v) is 15.1. The highest BCUT2D eigenvalue weighted by Gasteiger charge is 2.38. The number of amides is 1. The number of benzene rings is 1. The van der Waals surface area contributed by atoms with Gasteiger partial charge in [0.05, 0.1) is 0 Å². The molecule has 1 aromatic rings. The number of ether oxygens (including phenoxy) is 1. The van der Waals surface area contributed by atoms with Crippen molar-refractivity contribution in [2.75, 3.05) is 13.1 Å². The fourth-order valence-electron chi connectivity index (χ4n) is 2.86. The van der Waals surface area contributed by atoms with Gasteiger partial charge in [-0.1, -0.05) is 28.1 Å². The summed E-state index contributed by atoms with van der Waals surface area (Å²) < 4.78 is 6.37. The van der Waals surface area contributed by atoms with Crippen LogP contribution in [0.1, 0.15) is 26.3 Å². The summed E-state index contributed by atoms with van der Waals surface area (Å²) >= 11 is 3.40. The molecule has 0 aromatic heterocycles. The van der Waals surface area contributed by atoms with Crippen molar-refractivity contribution in [2.45, 2.75) is 32.0 Å². The zero-order chi connectivity index (χ0) is 16.8. The van der Waals surface area contributed by atoms with Gasteiger partial charge >= 0.3 is 6.09 Å². The van der Waals surface area contributed by atoms with Gasteiger partial charge in [-0.3, -0.25) is 4.90 Å². The third-order valence-electron chi connectivity index (χ3n) is 3.88. The number of aliphatic hydroxyl groups is 1. The van der Waals surface area contributed by atoms with Crippen molar-refractivity contribution in [1.82, 2.24) is 4.90 Å². The summed E-state index contributed by atoms with van der Waals surface area (Å²) in [5.74, 6) is 0. The van der Waals surface area contributed by atoms with Gasteiger partial charge in [0.2, 0.25) is 0 Å². The van der Waals surface area contributed by atoms with Crippen LogP contribution in [0.25, 0.3) is 0 Å². The Labute approximate surface area is 144 Å². The maximum Gasteiger partial charge on any atom is 0.410 e. The molecule has 1 aliphatic heterocycles. The van der Waals surface area contributed by atoms with Crippen LogP contribution in [0.2, 0.25) is 0 Å². The standard InChI is InChI=1S/C18H20BrNO3/c1-17(2,3)23-16(21)20-10-12-8-18(22,9-13(12)11-20)14-4-6-15(19)7-5-14/h4-9,22H,10-11H2,1-3H3. The lowest BCUT2D eigenvalue weighted by Crippen LogP contribution is -2.35. The van der Waals surface area contributed by atoms with Crippen molar-refractivity contribution in [2.24, 2.45) is 0 Å². The van der Waals surface area contributed by atoms with Gasteiger partial charge in [-0.05, 0) is 61.8 Å². The summed E-state index contributed by atoms with van der Waals surface area (Å²) in [6.45, 7) is 6.50. The van der Waals surface area contributed by atoms with Crippen molar-refractivity contribution in [3.8, 4) is 0 Å². The lowest BCUT2D eigenvalue weighted by atomic mass is 9.95. The average molecular weight is 378 g/mol. The quantitative estimate of drug-likeness (QED) is 0.810. The Balaban J connectivity index is 1.76. The van der Waals surface area contributed by atoms with E-state index >= 15 is 0 Å². The highest BCUT2D eigenvalue weighted by atomic mass is 79.9. The highest BCUT2D eigenvalue weighted by Crippen LogP contribution is 2.39. The van der Waals surface area contributed by atoms with Crippen LogP contribution in [0, 0.1) is 0 Å². The highest BCUT2D eigenvalue weighted by molar-refractivity contribution is 9.10. The third kappa shape index (κ3) is 3.35. The Bertz CT molecular complexity index is 676. The number of halogens is 1. The van der Waals surface area contributed by atoms with Crippen molar-refractivity contribution in [3.05, 3.63) is 57.6 Å². The predicted molar refractivity (Wildman–Crippen MR) is 92.0 cm³/mol. The second kappa shape index (κ2) is 5.49. The van der Waals surface area contributed by atoms with Gasteiger partial charge < -0.3 is 9.84 Å². The number of hydrogen-bond acceptors (Lipinski definition) is 3. The van der Waals surface area contributed by atoms with Crippen LogP contribution in [0.5, 0.6) is 0 Å². The molecular weight excluding hydrogens is 358 g/mol. The van der Waals surface area contributed by atoms with E-state index in [1.165, 1.54) is 0 Å². The van der Waals surface area contributed by atoms with Crippen LogP contribution in [-0.2, 0) is 10.3 Å². The fraction of sp³-hybridized carbons (Fsp3) is 0.389. The van der Waals surface area contributed by atoms with Crippen molar-refractivity contribution in [1.29, 1.82) is 0 Å². The van der Waals surface area contributed by atoms with Crippen LogP contribution in [0.3, 0.4) is 0 Å². The second-order valence-corrected chi connectivity index (χ2v) is 7.92. The van der Waals surface area contributed by atoms with E-state index in [1.807, 2.05) is 57.2 Å². The fourth-order valence-corrected chi connectivity index (χ4v) is 3.12. The summed E-state index contributed by atoms with van der Waals surface area (Å²) in [5.41, 5.74) is 1.20. The average Bonchev–Trinajstić information content (AvgIpc) is 2.93. The van der Waals surface area contributed by atoms with E-state index in [0.29, 0.717) is 13.1 Å². The lowest BCUT2D eigenvalue weighted by Gasteiger charge is -2.24. The van der Waals surface area contributed by atoms with Gasteiger partial charge in [0.1, 0.15) is 11.2 Å². The first-order valence-electron chi connectivity index (χ1n) is 7.56. The molecule has 0 radical (unpaired) electrons. The van der Waals surface area contributed by atoms with Gasteiger partial charge in [0.25, 0.3) is 0 Å². The molecule has 0 bridgehead atoms. The molecule has 5 heteroatoms. The van der Waals surface area contributed by atoms with Crippen LogP contribution in [0.15, 0.2) is 52.0 Å². The monoisotopic (exact) mass is 377 g/mol. The Morgan fingerprint density at radius 2 is 1.70 bits per heavy atom. The van der Waals surface area contributed by atoms with Gasteiger partial charge in [-0.25, -0.2) is 4.79 Å². The molecule has 1 saturated heterocycles. The maximum absolute atomic E-state index is 12.1. The summed E-state index contributed by atoms with van der Waals surface area (Å²) in [5, 5.41) is 10.9. The first kappa shape index (κ1) is 16.3. The van der Waals surface area contributed by atoms with Crippen molar-refractivity contribution in [3.63, 3.8) is 0 Å². The van der Waals surface area contributed by atoms with Crippen molar-refractivity contribution >= 4 is 22.0 Å². The minimum absolute atomic E-state index is 0.319. The van der Waals surface area contributed by atoms with Crippen molar-refractivity contribution < 1.29 is 14.6 Å². The van der Waals surface area contributed by atoms with E-state index in [1.54, 1.807) is 4.90 Å². The Kier molecular flexibility index (Phi) is 3.89. The molecule has 0 saturated carbocycles. The molecule has 0 atom stereocenters. The molecule has 23 heavy (non-hydrogen) atoms. The number of fused-ring (bicyclic) bond motifs is 1. The van der Waals surface area contributed by atoms with Crippen LogP contribution >= 0.6 is 15.9 Å². The topological polar surface area (TPSA) is 49.8 Å². The number of hydrogen-bond donors (Lipinski definition) is 1. The third-order valence-corrected chi connectivity index (χ3v) is 4.41. The molecule has 1 aromatic carbocycles. The van der Waals surface area contributed by atoms with Gasteiger partial charge in [0, 0.05) is 17.6 Å². The molecule has 1 amide bonds. The summed E-state index contributed by atoms with van der Waals surface area (Å²) in [6, 6.07) is 7.60. The number of carbonyl (C=O) groups excluding carboxylic acids is 1. The van der Waals surface area contributed by atoms with Gasteiger partial charge in [0.15, 0.2) is 0 Å². The number of rotatable bonds is 1. The molecule has 1 heterocycles. The summed E-state index contributed by atoms with van der Waals surface area (Å²) in [6.07, 6.45) is 3.34. The van der Waals surface area contributed by atoms with Crippen LogP contribution in [0.4, 0.5) is 4.79 Å². The number of likely N-dealkylation sites (tertiary alicyclic amines) is 1. The van der Waals surface area contributed by atoms with E-state index < -0.39 is 11.2 Å². The molecule has 1 N–H and O–H groups in total. The molecule has 122 valence electrons. The summed E-state index contributed by atoms with van der Waals surface area (Å²) in [4.78, 5) is 13.8. The largest absolute Gasteiger partial charge is 0.444 e. The lowest BCUT2D eigenvalue weighted by molar-refractivity contribution is 0.0303. The molecule has 4 nitrogen and oxygen atoms in total.